The van der Waals surface area contributed by atoms with Crippen LogP contribution in [-0.4, -0.2) is 14.9 Å². The highest BCUT2D eigenvalue weighted by Gasteiger charge is 2.30. The minimum atomic E-state index is -0.862. The highest BCUT2D eigenvalue weighted by atomic mass is 16.7. The maximum Gasteiger partial charge on any atom is 0.245 e. The fourth-order valence-electron chi connectivity index (χ4n) is 6.97. The van der Waals surface area contributed by atoms with Gasteiger partial charge in [0.1, 0.15) is 11.5 Å². The number of hydrogen-bond donors (Lipinski definition) is 0. The summed E-state index contributed by atoms with van der Waals surface area (Å²) in [5, 5.41) is 4.62. The average Bonchev–Trinajstić information content (AvgIpc) is 3.54. The molecule has 3 heterocycles. The van der Waals surface area contributed by atoms with Gasteiger partial charge in [-0.3, -0.25) is 0 Å². The second kappa shape index (κ2) is 9.25. The van der Waals surface area contributed by atoms with Gasteiger partial charge in [0.05, 0.1) is 28.6 Å². The Labute approximate surface area is 259 Å². The van der Waals surface area contributed by atoms with Crippen LogP contribution in [0.5, 0.6) is 11.5 Å². The number of ether oxygens (including phenoxy) is 2. The van der Waals surface area contributed by atoms with Crippen LogP contribution >= 0.6 is 0 Å². The van der Waals surface area contributed by atoms with Gasteiger partial charge in [-0.2, -0.15) is 0 Å². The van der Waals surface area contributed by atoms with Gasteiger partial charge in [-0.05, 0) is 72.1 Å². The predicted molar refractivity (Wildman–Crippen MR) is 182 cm³/mol. The molecular weight excluding hydrogens is 554 g/mol. The minimum absolute atomic E-state index is 0.631. The van der Waals surface area contributed by atoms with Crippen LogP contribution in [0.15, 0.2) is 127 Å². The zero-order chi connectivity index (χ0) is 30.3. The van der Waals surface area contributed by atoms with Crippen LogP contribution in [0.4, 0.5) is 5.69 Å². The van der Waals surface area contributed by atoms with Gasteiger partial charge in [-0.15, -0.1) is 0 Å². The molecular formula is C40H27N3O2. The fourth-order valence-corrected chi connectivity index (χ4v) is 6.97. The zero-order valence-corrected chi connectivity index (χ0v) is 24.8. The summed E-state index contributed by atoms with van der Waals surface area (Å²) in [6.07, 6.45) is 0. The number of rotatable bonds is 2. The first-order chi connectivity index (χ1) is 22.0. The molecule has 9 rings (SSSR count). The third-order valence-corrected chi connectivity index (χ3v) is 8.81. The normalized spacial score (nSPS) is 13.6. The molecule has 5 nitrogen and oxygen atoms in total. The van der Waals surface area contributed by atoms with Gasteiger partial charge in [-0.25, -0.2) is 4.85 Å². The van der Waals surface area contributed by atoms with Gasteiger partial charge >= 0.3 is 0 Å². The molecule has 0 saturated heterocycles. The Morgan fingerprint density at radius 1 is 0.511 bits per heavy atom. The summed E-state index contributed by atoms with van der Waals surface area (Å²) in [6.45, 7) is 11.5. The van der Waals surface area contributed by atoms with Gasteiger partial charge in [0.25, 0.3) is 0 Å². The highest BCUT2D eigenvalue weighted by Crippen LogP contribution is 2.46. The molecule has 214 valence electrons. The van der Waals surface area contributed by atoms with E-state index in [1.807, 2.05) is 44.2 Å². The van der Waals surface area contributed by atoms with E-state index in [1.54, 1.807) is 0 Å². The van der Waals surface area contributed by atoms with Crippen LogP contribution in [0.1, 0.15) is 13.8 Å². The summed E-state index contributed by atoms with van der Waals surface area (Å²) in [6, 6.07) is 44.1. The summed E-state index contributed by atoms with van der Waals surface area (Å²) in [5.41, 5.74) is 9.06. The Bertz CT molecular complexity index is 2490. The molecule has 0 N–H and O–H groups in total. The number of aromatic nitrogens is 2. The van der Waals surface area contributed by atoms with Crippen LogP contribution in [0.2, 0.25) is 0 Å². The van der Waals surface area contributed by atoms with Crippen molar-refractivity contribution < 1.29 is 9.47 Å². The quantitative estimate of drug-likeness (QED) is 0.190. The zero-order valence-electron chi connectivity index (χ0n) is 24.8. The van der Waals surface area contributed by atoms with E-state index in [-0.39, 0.29) is 0 Å². The van der Waals surface area contributed by atoms with Crippen molar-refractivity contribution in [2.45, 2.75) is 19.6 Å². The van der Waals surface area contributed by atoms with Crippen molar-refractivity contribution in [2.75, 3.05) is 0 Å². The molecule has 0 saturated carbocycles. The third kappa shape index (κ3) is 3.79. The second-order valence-electron chi connectivity index (χ2n) is 12.0. The SMILES string of the molecule is [C-]#[N+]c1ccc2c(c1)c1ccccc1n2-c1ccc2c(c1)-c1cc(-n3c4ccccc4c4ccccc43)ccc1OC(C)(C)O2. The summed E-state index contributed by atoms with van der Waals surface area (Å²) in [4.78, 5) is 3.69. The standard InChI is InChI=1S/C40H27N3O2/c1-40(2)44-38-20-17-26(42-34-13-7-4-10-28(34)29-11-5-8-14-35(29)42)23-32(38)33-24-27(18-21-39(33)45-40)43-36-15-9-6-12-30(36)31-22-25(41-3)16-19-37(31)43/h4-24H,1-2H3. The smallest absolute Gasteiger partial charge is 0.245 e. The van der Waals surface area contributed by atoms with E-state index in [1.165, 1.54) is 10.8 Å². The maximum atomic E-state index is 7.57. The summed E-state index contributed by atoms with van der Waals surface area (Å²) in [7, 11) is 0. The van der Waals surface area contributed by atoms with E-state index in [0.717, 1.165) is 66.8 Å². The molecule has 0 aliphatic carbocycles. The molecule has 0 bridgehead atoms. The van der Waals surface area contributed by atoms with Gasteiger partial charge in [0.2, 0.25) is 5.79 Å². The Hall–Kier alpha value is -5.99. The molecule has 2 aromatic heterocycles. The van der Waals surface area contributed by atoms with Gasteiger partial charge < -0.3 is 18.6 Å². The number of benzene rings is 6. The minimum Gasteiger partial charge on any atom is -0.452 e. The lowest BCUT2D eigenvalue weighted by Crippen LogP contribution is -2.34. The molecule has 1 aliphatic heterocycles. The van der Waals surface area contributed by atoms with Crippen LogP contribution < -0.4 is 9.47 Å². The Balaban J connectivity index is 1.31. The third-order valence-electron chi connectivity index (χ3n) is 8.81. The van der Waals surface area contributed by atoms with Crippen molar-refractivity contribution in [3.05, 3.63) is 139 Å². The molecule has 0 fully saturated rings. The summed E-state index contributed by atoms with van der Waals surface area (Å²) in [5.74, 6) is 0.668. The van der Waals surface area contributed by atoms with Gasteiger partial charge in [0.15, 0.2) is 5.69 Å². The molecule has 0 unspecified atom stereocenters. The first-order valence-electron chi connectivity index (χ1n) is 15.1. The summed E-state index contributed by atoms with van der Waals surface area (Å²) < 4.78 is 17.6. The van der Waals surface area contributed by atoms with Crippen molar-refractivity contribution in [1.29, 1.82) is 0 Å². The number of para-hydroxylation sites is 3. The van der Waals surface area contributed by atoms with Gasteiger partial charge in [0, 0.05) is 52.5 Å². The van der Waals surface area contributed by atoms with Crippen LogP contribution in [-0.2, 0) is 0 Å². The lowest BCUT2D eigenvalue weighted by molar-refractivity contribution is -0.0778. The second-order valence-corrected chi connectivity index (χ2v) is 12.0. The molecule has 0 atom stereocenters. The van der Waals surface area contributed by atoms with E-state index in [4.69, 9.17) is 16.0 Å². The molecule has 8 aromatic rings. The molecule has 0 amide bonds. The van der Waals surface area contributed by atoms with E-state index in [2.05, 4.69) is 111 Å². The highest BCUT2D eigenvalue weighted by molar-refractivity contribution is 6.11. The van der Waals surface area contributed by atoms with Crippen LogP contribution in [0, 0.1) is 6.57 Å². The number of hydrogen-bond acceptors (Lipinski definition) is 2. The first-order valence-corrected chi connectivity index (χ1v) is 15.1. The van der Waals surface area contributed by atoms with E-state index >= 15 is 0 Å². The van der Waals surface area contributed by atoms with E-state index in [9.17, 15) is 0 Å². The Morgan fingerprint density at radius 2 is 0.956 bits per heavy atom. The first kappa shape index (κ1) is 25.5. The molecule has 0 radical (unpaired) electrons. The van der Waals surface area contributed by atoms with Crippen molar-refractivity contribution in [3.63, 3.8) is 0 Å². The Kier molecular flexibility index (Phi) is 5.24. The van der Waals surface area contributed by atoms with Crippen molar-refractivity contribution in [3.8, 4) is 34.0 Å². The van der Waals surface area contributed by atoms with Crippen LogP contribution in [0.3, 0.4) is 0 Å². The molecule has 0 spiro atoms. The fraction of sp³-hybridized carbons (Fsp3) is 0.0750. The lowest BCUT2D eigenvalue weighted by Gasteiger charge is -2.25. The van der Waals surface area contributed by atoms with E-state index in [0.29, 0.717) is 5.69 Å². The number of fused-ring (bicyclic) bond motifs is 9. The predicted octanol–water partition coefficient (Wildman–Crippen LogP) is 10.6. The lowest BCUT2D eigenvalue weighted by atomic mass is 10.0. The van der Waals surface area contributed by atoms with E-state index < -0.39 is 5.79 Å². The average molecular weight is 582 g/mol. The monoisotopic (exact) mass is 581 g/mol. The largest absolute Gasteiger partial charge is 0.452 e. The molecule has 45 heavy (non-hydrogen) atoms. The van der Waals surface area contributed by atoms with Crippen LogP contribution in [0.25, 0.3) is 71.0 Å². The Morgan fingerprint density at radius 3 is 1.44 bits per heavy atom. The summed E-state index contributed by atoms with van der Waals surface area (Å²) >= 11 is 0. The number of nitrogens with zero attached hydrogens (tertiary/aromatic N) is 3. The van der Waals surface area contributed by atoms with Crippen molar-refractivity contribution in [2.24, 2.45) is 0 Å². The molecule has 6 aromatic carbocycles. The van der Waals surface area contributed by atoms with Crippen molar-refractivity contribution >= 4 is 49.3 Å². The van der Waals surface area contributed by atoms with Gasteiger partial charge in [-0.1, -0.05) is 60.7 Å². The topological polar surface area (TPSA) is 32.7 Å². The van der Waals surface area contributed by atoms with Crippen molar-refractivity contribution in [1.82, 2.24) is 9.13 Å². The molecule has 5 heteroatoms. The maximum absolute atomic E-state index is 7.57. The molecule has 1 aliphatic rings.